The average molecular weight is 457 g/mol. The first-order valence-corrected chi connectivity index (χ1v) is 9.67. The van der Waals surface area contributed by atoms with Crippen LogP contribution in [0.5, 0.6) is 0 Å². The first-order chi connectivity index (χ1) is 10.0. The van der Waals surface area contributed by atoms with Crippen molar-refractivity contribution in [2.45, 2.75) is 9.79 Å². The van der Waals surface area contributed by atoms with E-state index in [-0.39, 0.29) is 5.56 Å². The van der Waals surface area contributed by atoms with Crippen molar-refractivity contribution >= 4 is 42.7 Å². The maximum absolute atomic E-state index is 14.1. The fourth-order valence-electron chi connectivity index (χ4n) is 1.92. The molecule has 22 heavy (non-hydrogen) atoms. The van der Waals surface area contributed by atoms with E-state index in [1.54, 1.807) is 0 Å². The fourth-order valence-corrected chi connectivity index (χ4v) is 3.97. The number of halogens is 2. The molecule has 0 saturated carbocycles. The summed E-state index contributed by atoms with van der Waals surface area (Å²) in [6.45, 7) is 0. The van der Waals surface area contributed by atoms with Crippen LogP contribution in [0.25, 0.3) is 11.1 Å². The van der Waals surface area contributed by atoms with E-state index in [1.165, 1.54) is 12.1 Å². The molecule has 6 nitrogen and oxygen atoms in total. The highest BCUT2D eigenvalue weighted by Crippen LogP contribution is 2.35. The molecule has 0 unspecified atom stereocenters. The molecule has 3 N–H and O–H groups in total. The number of benzene rings is 2. The Labute approximate surface area is 140 Å². The van der Waals surface area contributed by atoms with E-state index >= 15 is 0 Å². The molecule has 2 aromatic carbocycles. The lowest BCUT2D eigenvalue weighted by atomic mass is 10.1. The van der Waals surface area contributed by atoms with E-state index in [2.05, 4.69) is 0 Å². The number of nitrogens with two attached hydrogens (primary N) is 1. The zero-order valence-corrected chi connectivity index (χ0v) is 14.5. The van der Waals surface area contributed by atoms with Gasteiger partial charge in [0.1, 0.15) is 10.7 Å². The third-order valence-electron chi connectivity index (χ3n) is 2.77. The molecule has 0 heterocycles. The molecule has 0 aliphatic rings. The minimum atomic E-state index is -4.78. The number of hydrogen-bond donors (Lipinski definition) is 2. The van der Waals surface area contributed by atoms with E-state index in [9.17, 15) is 25.8 Å². The summed E-state index contributed by atoms with van der Waals surface area (Å²) in [4.78, 5) is -1.33. The summed E-state index contributed by atoms with van der Waals surface area (Å²) in [6, 6.07) is 6.85. The Hall–Kier alpha value is -1.08. The highest BCUT2D eigenvalue weighted by atomic mass is 127. The van der Waals surface area contributed by atoms with Crippen molar-refractivity contribution in [3.63, 3.8) is 0 Å². The van der Waals surface area contributed by atoms with Crippen LogP contribution >= 0.6 is 22.6 Å². The van der Waals surface area contributed by atoms with Crippen LogP contribution in [-0.2, 0) is 20.1 Å². The summed E-state index contributed by atoms with van der Waals surface area (Å²) in [7, 11) is -9.12. The van der Waals surface area contributed by atoms with E-state index in [0.717, 1.165) is 24.3 Å². The van der Waals surface area contributed by atoms with E-state index in [4.69, 9.17) is 5.14 Å². The van der Waals surface area contributed by atoms with Crippen LogP contribution in [-0.4, -0.2) is 21.4 Å². The van der Waals surface area contributed by atoms with Crippen LogP contribution in [0.4, 0.5) is 4.39 Å². The first-order valence-electron chi connectivity index (χ1n) is 5.60. The number of hydrogen-bond acceptors (Lipinski definition) is 4. The molecular weight excluding hydrogens is 448 g/mol. The second kappa shape index (κ2) is 5.85. The van der Waals surface area contributed by atoms with Gasteiger partial charge in [0, 0.05) is 14.7 Å². The molecule has 0 aliphatic heterocycles. The Bertz CT molecular complexity index is 907. The lowest BCUT2D eigenvalue weighted by molar-refractivity contribution is 0.483. The maximum atomic E-state index is 14.1. The quantitative estimate of drug-likeness (QED) is 0.541. The zero-order valence-electron chi connectivity index (χ0n) is 10.7. The molecule has 118 valence electrons. The number of sulfonamides is 1. The first kappa shape index (κ1) is 17.3. The van der Waals surface area contributed by atoms with Crippen molar-refractivity contribution in [1.82, 2.24) is 0 Å². The van der Waals surface area contributed by atoms with Crippen molar-refractivity contribution < 1.29 is 25.8 Å². The Morgan fingerprint density at radius 3 is 2.18 bits per heavy atom. The van der Waals surface area contributed by atoms with Crippen molar-refractivity contribution in [2.75, 3.05) is 0 Å². The minimum Gasteiger partial charge on any atom is -0.282 e. The second-order valence-electron chi connectivity index (χ2n) is 4.27. The highest BCUT2D eigenvalue weighted by Gasteiger charge is 2.26. The van der Waals surface area contributed by atoms with Gasteiger partial charge < -0.3 is 0 Å². The normalized spacial score (nSPS) is 12.4. The van der Waals surface area contributed by atoms with Gasteiger partial charge in [0.15, 0.2) is 0 Å². The van der Waals surface area contributed by atoms with Crippen LogP contribution < -0.4 is 5.14 Å². The standard InChI is InChI=1S/C12H9FINO5S2/c13-9-5-4-7(14)6-8(9)12-10(21(15,16)17)2-1-3-11(12)22(18,19)20/h1-6H,(H2,15,16,17)(H,18,19,20). The molecular formula is C12H9FINO5S2. The minimum absolute atomic E-state index is 0.288. The van der Waals surface area contributed by atoms with Gasteiger partial charge in [-0.25, -0.2) is 17.9 Å². The molecule has 2 rings (SSSR count). The predicted octanol–water partition coefficient (Wildman–Crippen LogP) is 1.99. The highest BCUT2D eigenvalue weighted by molar-refractivity contribution is 14.1. The molecule has 0 fully saturated rings. The molecule has 0 aromatic heterocycles. The lowest BCUT2D eigenvalue weighted by Crippen LogP contribution is -2.15. The largest absolute Gasteiger partial charge is 0.295 e. The van der Waals surface area contributed by atoms with Gasteiger partial charge in [0.25, 0.3) is 10.1 Å². The van der Waals surface area contributed by atoms with Crippen molar-refractivity contribution in [3.05, 3.63) is 45.8 Å². The van der Waals surface area contributed by atoms with Gasteiger partial charge in [-0.3, -0.25) is 4.55 Å². The fraction of sp³-hybridized carbons (Fsp3) is 0. The Balaban J connectivity index is 3.03. The summed E-state index contributed by atoms with van der Waals surface area (Å²) in [5, 5.41) is 5.07. The predicted molar refractivity (Wildman–Crippen MR) is 85.7 cm³/mol. The van der Waals surface area contributed by atoms with Gasteiger partial charge in [-0.1, -0.05) is 6.07 Å². The second-order valence-corrected chi connectivity index (χ2v) is 8.44. The van der Waals surface area contributed by atoms with Crippen LogP contribution in [0.3, 0.4) is 0 Å². The molecule has 2 aromatic rings. The third kappa shape index (κ3) is 3.46. The number of primary sulfonamides is 1. The van der Waals surface area contributed by atoms with Gasteiger partial charge in [-0.05, 0) is 52.9 Å². The van der Waals surface area contributed by atoms with Gasteiger partial charge in [-0.15, -0.1) is 0 Å². The molecule has 0 bridgehead atoms. The van der Waals surface area contributed by atoms with Gasteiger partial charge >= 0.3 is 0 Å². The summed E-state index contributed by atoms with van der Waals surface area (Å²) in [5.74, 6) is -0.846. The Morgan fingerprint density at radius 2 is 1.64 bits per heavy atom. The zero-order chi connectivity index (χ0) is 16.7. The molecule has 0 amide bonds. The van der Waals surface area contributed by atoms with Crippen molar-refractivity contribution in [3.8, 4) is 11.1 Å². The SMILES string of the molecule is NS(=O)(=O)c1cccc(S(=O)(=O)O)c1-c1cc(I)ccc1F. The summed E-state index contributed by atoms with van der Waals surface area (Å²) >= 11 is 1.85. The van der Waals surface area contributed by atoms with E-state index < -0.39 is 41.3 Å². The van der Waals surface area contributed by atoms with Gasteiger partial charge in [0.05, 0.1) is 4.90 Å². The molecule has 0 saturated heterocycles. The smallest absolute Gasteiger partial charge is 0.282 e. The third-order valence-corrected chi connectivity index (χ3v) is 5.29. The molecule has 0 radical (unpaired) electrons. The summed E-state index contributed by atoms with van der Waals surface area (Å²) in [5.41, 5.74) is -0.785. The van der Waals surface area contributed by atoms with Gasteiger partial charge in [-0.2, -0.15) is 8.42 Å². The van der Waals surface area contributed by atoms with Gasteiger partial charge in [0.2, 0.25) is 10.0 Å². The average Bonchev–Trinajstić information content (AvgIpc) is 2.38. The molecule has 0 atom stereocenters. The monoisotopic (exact) mass is 457 g/mol. The summed E-state index contributed by atoms with van der Waals surface area (Å²) < 4.78 is 70.3. The topological polar surface area (TPSA) is 115 Å². The Morgan fingerprint density at radius 1 is 1.05 bits per heavy atom. The van der Waals surface area contributed by atoms with Crippen molar-refractivity contribution in [1.29, 1.82) is 0 Å². The van der Waals surface area contributed by atoms with E-state index in [0.29, 0.717) is 3.57 Å². The summed E-state index contributed by atoms with van der Waals surface area (Å²) in [6.07, 6.45) is 0. The van der Waals surface area contributed by atoms with Crippen LogP contribution in [0.1, 0.15) is 0 Å². The molecule has 10 heteroatoms. The lowest BCUT2D eigenvalue weighted by Gasteiger charge is -2.13. The van der Waals surface area contributed by atoms with Crippen LogP contribution in [0.2, 0.25) is 0 Å². The van der Waals surface area contributed by atoms with Crippen LogP contribution in [0, 0.1) is 9.39 Å². The maximum Gasteiger partial charge on any atom is 0.295 e. The van der Waals surface area contributed by atoms with Crippen molar-refractivity contribution in [2.24, 2.45) is 5.14 Å². The van der Waals surface area contributed by atoms with E-state index in [1.807, 2.05) is 22.6 Å². The Kier molecular flexibility index (Phi) is 4.59. The van der Waals surface area contributed by atoms with Crippen LogP contribution in [0.15, 0.2) is 46.2 Å². The molecule has 0 aliphatic carbocycles. The number of rotatable bonds is 3. The molecule has 0 spiro atoms.